The molecular weight excluding hydrogens is 295 g/mol. The number of aliphatic carboxylic acids is 1. The zero-order valence-corrected chi connectivity index (χ0v) is 13.0. The predicted octanol–water partition coefficient (Wildman–Crippen LogP) is 5.35. The molecule has 1 aromatic carbocycles. The van der Waals surface area contributed by atoms with Crippen molar-refractivity contribution in [3.05, 3.63) is 33.8 Å². The van der Waals surface area contributed by atoms with Gasteiger partial charge in [0.05, 0.1) is 15.5 Å². The number of carbonyl (C=O) groups is 1. The number of rotatable bonds is 3. The van der Waals surface area contributed by atoms with Gasteiger partial charge in [0.1, 0.15) is 0 Å². The first kappa shape index (κ1) is 15.7. The first-order valence-corrected chi connectivity index (χ1v) is 7.96. The van der Waals surface area contributed by atoms with E-state index in [9.17, 15) is 9.90 Å². The van der Waals surface area contributed by atoms with Gasteiger partial charge in [0.15, 0.2) is 0 Å². The summed E-state index contributed by atoms with van der Waals surface area (Å²) in [5.74, 6) is -0.675. The number of carboxylic acids is 1. The van der Waals surface area contributed by atoms with Crippen molar-refractivity contribution in [3.8, 4) is 0 Å². The number of halogens is 2. The highest BCUT2D eigenvalue weighted by Crippen LogP contribution is 2.38. The van der Waals surface area contributed by atoms with E-state index < -0.39 is 11.4 Å². The van der Waals surface area contributed by atoms with Crippen LogP contribution in [0.15, 0.2) is 18.2 Å². The Balaban J connectivity index is 2.22. The van der Waals surface area contributed by atoms with Crippen LogP contribution in [0, 0.1) is 5.41 Å². The molecule has 20 heavy (non-hydrogen) atoms. The highest BCUT2D eigenvalue weighted by atomic mass is 35.5. The van der Waals surface area contributed by atoms with Crippen LogP contribution in [0.1, 0.15) is 50.5 Å². The van der Waals surface area contributed by atoms with Gasteiger partial charge in [0.25, 0.3) is 0 Å². The molecule has 0 aliphatic heterocycles. The summed E-state index contributed by atoms with van der Waals surface area (Å²) in [5, 5.41) is 10.7. The van der Waals surface area contributed by atoms with Gasteiger partial charge in [0, 0.05) is 0 Å². The molecule has 2 nitrogen and oxygen atoms in total. The van der Waals surface area contributed by atoms with Crippen LogP contribution in [0.4, 0.5) is 0 Å². The van der Waals surface area contributed by atoms with Crippen molar-refractivity contribution in [2.45, 2.75) is 51.4 Å². The predicted molar refractivity (Wildman–Crippen MR) is 82.6 cm³/mol. The molecule has 4 heteroatoms. The van der Waals surface area contributed by atoms with Crippen LogP contribution in [0.2, 0.25) is 10.0 Å². The van der Waals surface area contributed by atoms with E-state index in [4.69, 9.17) is 23.2 Å². The van der Waals surface area contributed by atoms with Crippen molar-refractivity contribution in [3.63, 3.8) is 0 Å². The average molecular weight is 315 g/mol. The molecule has 0 unspecified atom stereocenters. The first-order chi connectivity index (χ1) is 9.53. The second-order valence-corrected chi connectivity index (χ2v) is 6.59. The molecule has 0 heterocycles. The van der Waals surface area contributed by atoms with Gasteiger partial charge in [-0.2, -0.15) is 0 Å². The lowest BCUT2D eigenvalue weighted by Gasteiger charge is -2.31. The molecule has 0 radical (unpaired) electrons. The lowest BCUT2D eigenvalue weighted by molar-refractivity contribution is -0.150. The molecule has 0 amide bonds. The third-order valence-corrected chi connectivity index (χ3v) is 5.03. The Bertz CT molecular complexity index is 477. The maximum atomic E-state index is 11.8. The topological polar surface area (TPSA) is 37.3 Å². The van der Waals surface area contributed by atoms with E-state index in [1.165, 1.54) is 6.42 Å². The van der Waals surface area contributed by atoms with E-state index in [1.54, 1.807) is 12.1 Å². The van der Waals surface area contributed by atoms with Crippen molar-refractivity contribution in [1.82, 2.24) is 0 Å². The summed E-state index contributed by atoms with van der Waals surface area (Å²) in [5.41, 5.74) is 0.319. The van der Waals surface area contributed by atoms with Crippen LogP contribution in [0.5, 0.6) is 0 Å². The van der Waals surface area contributed by atoms with Gasteiger partial charge in [0.2, 0.25) is 0 Å². The fourth-order valence-corrected chi connectivity index (χ4v) is 3.41. The Hall–Kier alpha value is -0.730. The fraction of sp³-hybridized carbons (Fsp3) is 0.562. The minimum absolute atomic E-state index is 0.496. The quantitative estimate of drug-likeness (QED) is 0.816. The van der Waals surface area contributed by atoms with Gasteiger partial charge in [-0.05, 0) is 37.0 Å². The molecular formula is C16H20Cl2O2. The lowest BCUT2D eigenvalue weighted by atomic mass is 9.72. The molecule has 1 aliphatic carbocycles. The Labute approximate surface area is 130 Å². The standard InChI is InChI=1S/C16H20Cl2O2/c17-13-7-6-12(10-14(13)18)11-16(15(19)20)8-4-2-1-3-5-9-16/h6-7,10H,1-5,8-9,11H2,(H,19,20). The Kier molecular flexibility index (Phi) is 5.34. The van der Waals surface area contributed by atoms with Crippen molar-refractivity contribution < 1.29 is 9.90 Å². The number of hydrogen-bond donors (Lipinski definition) is 1. The Morgan fingerprint density at radius 1 is 1.05 bits per heavy atom. The first-order valence-electron chi connectivity index (χ1n) is 7.21. The zero-order valence-electron chi connectivity index (χ0n) is 11.5. The van der Waals surface area contributed by atoms with Gasteiger partial charge in [-0.15, -0.1) is 0 Å². The largest absolute Gasteiger partial charge is 0.481 e. The molecule has 1 fully saturated rings. The van der Waals surface area contributed by atoms with Crippen molar-refractivity contribution in [1.29, 1.82) is 0 Å². The summed E-state index contributed by atoms with van der Waals surface area (Å²) in [4.78, 5) is 11.8. The van der Waals surface area contributed by atoms with Crippen molar-refractivity contribution in [2.75, 3.05) is 0 Å². The third kappa shape index (κ3) is 3.67. The Morgan fingerprint density at radius 3 is 2.20 bits per heavy atom. The smallest absolute Gasteiger partial charge is 0.309 e. The molecule has 1 N–H and O–H groups in total. The van der Waals surface area contributed by atoms with Crippen LogP contribution < -0.4 is 0 Å². The molecule has 2 rings (SSSR count). The monoisotopic (exact) mass is 314 g/mol. The van der Waals surface area contributed by atoms with Crippen LogP contribution in [0.3, 0.4) is 0 Å². The molecule has 0 aromatic heterocycles. The van der Waals surface area contributed by atoms with E-state index in [2.05, 4.69) is 0 Å². The number of carboxylic acid groups (broad SMARTS) is 1. The minimum atomic E-state index is -0.675. The van der Waals surface area contributed by atoms with Gasteiger partial charge >= 0.3 is 5.97 Å². The van der Waals surface area contributed by atoms with Gasteiger partial charge in [-0.25, -0.2) is 0 Å². The third-order valence-electron chi connectivity index (χ3n) is 4.29. The van der Waals surface area contributed by atoms with E-state index >= 15 is 0 Å². The van der Waals surface area contributed by atoms with Gasteiger partial charge < -0.3 is 5.11 Å². The average Bonchev–Trinajstić information content (AvgIpc) is 2.37. The molecule has 1 aromatic rings. The van der Waals surface area contributed by atoms with E-state index in [0.29, 0.717) is 16.5 Å². The number of hydrogen-bond acceptors (Lipinski definition) is 1. The molecule has 1 saturated carbocycles. The summed E-state index contributed by atoms with van der Waals surface area (Å²) in [6.45, 7) is 0. The van der Waals surface area contributed by atoms with Crippen LogP contribution in [0.25, 0.3) is 0 Å². The SMILES string of the molecule is O=C(O)C1(Cc2ccc(Cl)c(Cl)c2)CCCCCCC1. The summed E-state index contributed by atoms with van der Waals surface area (Å²) in [6, 6.07) is 5.43. The second kappa shape index (κ2) is 6.82. The molecule has 110 valence electrons. The van der Waals surface area contributed by atoms with E-state index in [1.807, 2.05) is 6.07 Å². The fourth-order valence-electron chi connectivity index (χ4n) is 3.09. The van der Waals surface area contributed by atoms with Crippen LogP contribution >= 0.6 is 23.2 Å². The zero-order chi connectivity index (χ0) is 14.6. The number of benzene rings is 1. The van der Waals surface area contributed by atoms with Gasteiger partial charge in [-0.1, -0.05) is 61.4 Å². The normalized spacial score (nSPS) is 19.1. The minimum Gasteiger partial charge on any atom is -0.481 e. The lowest BCUT2D eigenvalue weighted by Crippen LogP contribution is -2.34. The molecule has 0 atom stereocenters. The molecule has 0 spiro atoms. The second-order valence-electron chi connectivity index (χ2n) is 5.78. The van der Waals surface area contributed by atoms with Crippen LogP contribution in [-0.2, 0) is 11.2 Å². The molecule has 0 bridgehead atoms. The summed E-state index contributed by atoms with van der Waals surface area (Å²) in [7, 11) is 0. The maximum absolute atomic E-state index is 11.8. The summed E-state index contributed by atoms with van der Waals surface area (Å²) < 4.78 is 0. The van der Waals surface area contributed by atoms with Crippen LogP contribution in [-0.4, -0.2) is 11.1 Å². The van der Waals surface area contributed by atoms with Crippen molar-refractivity contribution >= 4 is 29.2 Å². The highest BCUT2D eigenvalue weighted by molar-refractivity contribution is 6.42. The Morgan fingerprint density at radius 2 is 1.65 bits per heavy atom. The highest BCUT2D eigenvalue weighted by Gasteiger charge is 2.38. The summed E-state index contributed by atoms with van der Waals surface area (Å²) in [6.07, 6.45) is 7.53. The van der Waals surface area contributed by atoms with Gasteiger partial charge in [-0.3, -0.25) is 4.79 Å². The van der Waals surface area contributed by atoms with E-state index in [0.717, 1.165) is 44.1 Å². The summed E-state index contributed by atoms with van der Waals surface area (Å²) >= 11 is 12.0. The molecule has 1 aliphatic rings. The van der Waals surface area contributed by atoms with E-state index in [-0.39, 0.29) is 0 Å². The van der Waals surface area contributed by atoms with Crippen molar-refractivity contribution in [2.24, 2.45) is 5.41 Å². The molecule has 0 saturated heterocycles. The maximum Gasteiger partial charge on any atom is 0.309 e.